The van der Waals surface area contributed by atoms with Crippen LogP contribution in [0.1, 0.15) is 27.0 Å². The third kappa shape index (κ3) is 6.00. The van der Waals surface area contributed by atoms with Gasteiger partial charge in [-0.1, -0.05) is 41.4 Å². The minimum atomic E-state index is -2.42. The van der Waals surface area contributed by atoms with Crippen molar-refractivity contribution in [1.82, 2.24) is 0 Å². The van der Waals surface area contributed by atoms with Gasteiger partial charge in [-0.15, -0.1) is 0 Å². The van der Waals surface area contributed by atoms with Gasteiger partial charge in [0.15, 0.2) is 11.5 Å². The molecule has 0 aliphatic carbocycles. The summed E-state index contributed by atoms with van der Waals surface area (Å²) < 4.78 is 45.8. The van der Waals surface area contributed by atoms with Crippen molar-refractivity contribution in [3.8, 4) is 11.5 Å². The first-order valence-corrected chi connectivity index (χ1v) is 11.8. The van der Waals surface area contributed by atoms with E-state index >= 15 is 0 Å². The molecule has 9 heteroatoms. The van der Waals surface area contributed by atoms with Gasteiger partial charge in [0.25, 0.3) is 5.91 Å². The summed E-state index contributed by atoms with van der Waals surface area (Å²) in [6.45, 7) is 0. The summed E-state index contributed by atoms with van der Waals surface area (Å²) in [5.74, 6) is 0.785. The Hall–Kier alpha value is -3.82. The summed E-state index contributed by atoms with van der Waals surface area (Å²) >= 11 is -2.42. The number of anilines is 1. The van der Waals surface area contributed by atoms with Crippen molar-refractivity contribution in [2.24, 2.45) is 0 Å². The molecule has 0 aliphatic heterocycles. The zero-order valence-corrected chi connectivity index (χ0v) is 20.6. The van der Waals surface area contributed by atoms with E-state index in [0.29, 0.717) is 45.2 Å². The van der Waals surface area contributed by atoms with Gasteiger partial charge < -0.3 is 28.8 Å². The molecule has 3 rings (SSSR count). The number of amides is 1. The molecule has 1 N–H and O–H groups in total. The van der Waals surface area contributed by atoms with Crippen LogP contribution in [0.5, 0.6) is 11.5 Å². The molecule has 3 aromatic rings. The number of carbonyl (C=O) groups is 1. The van der Waals surface area contributed by atoms with Gasteiger partial charge >= 0.3 is 0 Å². The normalized spacial score (nSPS) is 12.3. The monoisotopic (exact) mass is 496 g/mol. The fourth-order valence-electron chi connectivity index (χ4n) is 3.62. The number of nitrogens with one attached hydrogen (secondary N) is 1. The minimum absolute atomic E-state index is 0.275. The molecule has 0 saturated heterocycles. The molecular weight excluding hydrogens is 470 g/mol. The summed E-state index contributed by atoms with van der Waals surface area (Å²) in [7, 11) is 5.94. The Bertz CT molecular complexity index is 1240. The van der Waals surface area contributed by atoms with E-state index in [1.54, 1.807) is 48.5 Å². The van der Waals surface area contributed by atoms with Gasteiger partial charge in [-0.3, -0.25) is 9.00 Å². The van der Waals surface area contributed by atoms with Gasteiger partial charge in [-0.25, -0.2) is 0 Å². The second-order valence-corrected chi connectivity index (χ2v) is 8.14. The van der Waals surface area contributed by atoms with E-state index in [1.807, 2.05) is 18.2 Å². The van der Waals surface area contributed by atoms with E-state index < -0.39 is 11.1 Å². The molecule has 1 amide bonds. The minimum Gasteiger partial charge on any atom is -0.772 e. The van der Waals surface area contributed by atoms with Gasteiger partial charge in [0, 0.05) is 16.9 Å². The summed E-state index contributed by atoms with van der Waals surface area (Å²) in [4.78, 5) is 12.7. The lowest BCUT2D eigenvalue weighted by atomic mass is 10.0. The molecule has 0 spiro atoms. The first kappa shape index (κ1) is 25.8. The fourth-order valence-corrected chi connectivity index (χ4v) is 4.11. The van der Waals surface area contributed by atoms with Crippen LogP contribution in [0.15, 0.2) is 66.7 Å². The Balaban J connectivity index is 2.20. The highest BCUT2D eigenvalue weighted by Crippen LogP contribution is 2.38. The summed E-state index contributed by atoms with van der Waals surface area (Å²) in [6.07, 6.45) is 0. The number of hydrogen-bond donors (Lipinski definition) is 1. The molecule has 0 saturated carbocycles. The Morgan fingerprint density at radius 1 is 0.829 bits per heavy atom. The molecule has 0 heterocycles. The van der Waals surface area contributed by atoms with Crippen LogP contribution in [0, 0.1) is 0 Å². The smallest absolute Gasteiger partial charge is 0.255 e. The van der Waals surface area contributed by atoms with Crippen LogP contribution in [-0.2, 0) is 26.3 Å². The number of para-hydroxylation sites is 1. The maximum atomic E-state index is 12.7. The molecule has 8 nitrogen and oxygen atoms in total. The molecular formula is C26H26NO7S-. The second-order valence-electron chi connectivity index (χ2n) is 7.24. The Morgan fingerprint density at radius 3 is 2.03 bits per heavy atom. The molecule has 184 valence electrons. The third-order valence-corrected chi connectivity index (χ3v) is 5.74. The zero-order valence-electron chi connectivity index (χ0n) is 19.8. The van der Waals surface area contributed by atoms with Crippen LogP contribution in [0.4, 0.5) is 5.69 Å². The average molecular weight is 497 g/mol. The van der Waals surface area contributed by atoms with Gasteiger partial charge in [0.2, 0.25) is 0 Å². The van der Waals surface area contributed by atoms with Crippen LogP contribution in [0.25, 0.3) is 11.5 Å². The van der Waals surface area contributed by atoms with Crippen molar-refractivity contribution in [2.45, 2.75) is 5.75 Å². The highest BCUT2D eigenvalue weighted by atomic mass is 32.2. The fraction of sp³-hybridized carbons (Fsp3) is 0.192. The van der Waals surface area contributed by atoms with E-state index in [9.17, 15) is 13.6 Å². The van der Waals surface area contributed by atoms with Crippen LogP contribution >= 0.6 is 0 Å². The molecule has 35 heavy (non-hydrogen) atoms. The van der Waals surface area contributed by atoms with Crippen molar-refractivity contribution >= 4 is 34.2 Å². The number of hydrogen-bond acceptors (Lipinski definition) is 7. The molecule has 3 aromatic carbocycles. The number of methoxy groups -OCH3 is 4. The van der Waals surface area contributed by atoms with Crippen molar-refractivity contribution < 1.29 is 32.5 Å². The first-order chi connectivity index (χ1) is 16.9. The van der Waals surface area contributed by atoms with Crippen LogP contribution in [0.2, 0.25) is 0 Å². The maximum Gasteiger partial charge on any atom is 0.255 e. The SMILES string of the molecule is COC(=C(OC)c1ccccc1OC)c1cc(OC)c(NC(=O)c2ccccc2)cc1CS(=O)[O-]. The largest absolute Gasteiger partial charge is 0.772 e. The van der Waals surface area contributed by atoms with Crippen molar-refractivity contribution in [3.63, 3.8) is 0 Å². The van der Waals surface area contributed by atoms with Crippen LogP contribution in [0.3, 0.4) is 0 Å². The van der Waals surface area contributed by atoms with Crippen LogP contribution in [-0.4, -0.2) is 43.1 Å². The number of carbonyl (C=O) groups excluding carboxylic acids is 1. The molecule has 1 atom stereocenters. The number of ether oxygens (including phenoxy) is 4. The summed E-state index contributed by atoms with van der Waals surface area (Å²) in [5, 5.41) is 2.80. The maximum absolute atomic E-state index is 12.7. The molecule has 1 unspecified atom stereocenters. The molecule has 0 aromatic heterocycles. The van der Waals surface area contributed by atoms with Crippen LogP contribution < -0.4 is 14.8 Å². The lowest BCUT2D eigenvalue weighted by molar-refractivity contribution is 0.102. The van der Waals surface area contributed by atoms with Crippen molar-refractivity contribution in [2.75, 3.05) is 33.8 Å². The van der Waals surface area contributed by atoms with Gasteiger partial charge in [-0.05, 0) is 42.0 Å². The van der Waals surface area contributed by atoms with E-state index in [4.69, 9.17) is 18.9 Å². The Morgan fingerprint density at radius 2 is 1.43 bits per heavy atom. The van der Waals surface area contributed by atoms with Crippen molar-refractivity contribution in [3.05, 3.63) is 89.0 Å². The highest BCUT2D eigenvalue weighted by Gasteiger charge is 2.22. The predicted octanol–water partition coefficient (Wildman–Crippen LogP) is 4.45. The standard InChI is InChI=1S/C26H27NO7S/c1-31-22-13-9-8-12-19(22)24(33-3)25(34-4)20-15-23(32-2)21(14-18(20)16-35(29)30)27-26(28)17-10-6-5-7-11-17/h5-15H,16H2,1-4H3,(H,27,28)(H,29,30)/p-1. The molecule has 0 radical (unpaired) electrons. The van der Waals surface area contributed by atoms with E-state index in [0.717, 1.165) is 0 Å². The molecule has 0 aliphatic rings. The Labute approximate surface area is 206 Å². The number of benzene rings is 3. The lowest BCUT2D eigenvalue weighted by Crippen LogP contribution is -2.14. The topological polar surface area (TPSA) is 106 Å². The number of rotatable bonds is 10. The third-order valence-electron chi connectivity index (χ3n) is 5.19. The average Bonchev–Trinajstić information content (AvgIpc) is 2.88. The molecule has 0 fully saturated rings. The molecule has 0 bridgehead atoms. The second kappa shape index (κ2) is 12.0. The first-order valence-electron chi connectivity index (χ1n) is 10.5. The van der Waals surface area contributed by atoms with Gasteiger partial charge in [0.1, 0.15) is 11.5 Å². The lowest BCUT2D eigenvalue weighted by Gasteiger charge is -2.21. The summed E-state index contributed by atoms with van der Waals surface area (Å²) in [5.41, 5.74) is 2.18. The highest BCUT2D eigenvalue weighted by molar-refractivity contribution is 7.78. The predicted molar refractivity (Wildman–Crippen MR) is 134 cm³/mol. The van der Waals surface area contributed by atoms with Gasteiger partial charge in [-0.2, -0.15) is 0 Å². The van der Waals surface area contributed by atoms with E-state index in [1.165, 1.54) is 28.4 Å². The zero-order chi connectivity index (χ0) is 25.4. The Kier molecular flexibility index (Phi) is 8.88. The quantitative estimate of drug-likeness (QED) is 0.251. The van der Waals surface area contributed by atoms with Crippen molar-refractivity contribution in [1.29, 1.82) is 0 Å². The summed E-state index contributed by atoms with van der Waals surface area (Å²) in [6, 6.07) is 19.0. The van der Waals surface area contributed by atoms with E-state index in [2.05, 4.69) is 5.32 Å². The van der Waals surface area contributed by atoms with E-state index in [-0.39, 0.29) is 17.4 Å². The van der Waals surface area contributed by atoms with Gasteiger partial charge in [0.05, 0.1) is 39.7 Å².